The minimum atomic E-state index is -0.158. The summed E-state index contributed by atoms with van der Waals surface area (Å²) in [6, 6.07) is 6.06. The first-order valence-electron chi connectivity index (χ1n) is 8.61. The molecule has 0 radical (unpaired) electrons. The van der Waals surface area contributed by atoms with Crippen molar-refractivity contribution in [1.82, 2.24) is 10.1 Å². The molecule has 1 aliphatic heterocycles. The highest BCUT2D eigenvalue weighted by Crippen LogP contribution is 2.32. The Morgan fingerprint density at radius 2 is 2.17 bits per heavy atom. The van der Waals surface area contributed by atoms with Gasteiger partial charge in [-0.2, -0.15) is 4.98 Å². The van der Waals surface area contributed by atoms with Gasteiger partial charge in [-0.1, -0.05) is 25.1 Å². The molecule has 0 bridgehead atoms. The first kappa shape index (κ1) is 16.8. The predicted molar refractivity (Wildman–Crippen MR) is 93.7 cm³/mol. The molecule has 0 spiro atoms. The molecule has 2 N–H and O–H groups in total. The molecule has 24 heavy (non-hydrogen) atoms. The molecule has 1 aliphatic rings. The number of ether oxygens (including phenoxy) is 1. The second-order valence-electron chi connectivity index (χ2n) is 6.79. The van der Waals surface area contributed by atoms with E-state index in [0.717, 1.165) is 25.1 Å². The van der Waals surface area contributed by atoms with Gasteiger partial charge in [0.15, 0.2) is 5.82 Å². The standard InChI is InChI=1S/C18H26N4O2/c1-12(2)11-23-13(3)18-20-17(24-21-18)10-22-9-5-6-14-15(19)7-4-8-16(14)22/h4,7-8,12-13H,5-6,9-11,19H2,1-3H3. The molecule has 1 aromatic carbocycles. The van der Waals surface area contributed by atoms with Crippen LogP contribution in [0.1, 0.15) is 50.6 Å². The molecule has 130 valence electrons. The molecule has 0 fully saturated rings. The summed E-state index contributed by atoms with van der Waals surface area (Å²) in [5.41, 5.74) is 9.36. The summed E-state index contributed by atoms with van der Waals surface area (Å²) in [5.74, 6) is 1.70. The van der Waals surface area contributed by atoms with Crippen molar-refractivity contribution in [2.45, 2.75) is 46.3 Å². The molecule has 6 nitrogen and oxygen atoms in total. The van der Waals surface area contributed by atoms with E-state index in [1.54, 1.807) is 0 Å². The Labute approximate surface area is 143 Å². The van der Waals surface area contributed by atoms with Crippen LogP contribution in [0, 0.1) is 5.92 Å². The monoisotopic (exact) mass is 330 g/mol. The molecular formula is C18H26N4O2. The lowest BCUT2D eigenvalue weighted by Gasteiger charge is -2.30. The van der Waals surface area contributed by atoms with Crippen molar-refractivity contribution in [3.63, 3.8) is 0 Å². The highest BCUT2D eigenvalue weighted by Gasteiger charge is 2.22. The molecule has 1 atom stereocenters. The van der Waals surface area contributed by atoms with E-state index in [1.165, 1.54) is 11.3 Å². The zero-order chi connectivity index (χ0) is 17.1. The molecule has 0 aliphatic carbocycles. The van der Waals surface area contributed by atoms with Crippen LogP contribution < -0.4 is 10.6 Å². The van der Waals surface area contributed by atoms with Crippen LogP contribution in [0.4, 0.5) is 11.4 Å². The van der Waals surface area contributed by atoms with Gasteiger partial charge in [-0.05, 0) is 43.4 Å². The van der Waals surface area contributed by atoms with Gasteiger partial charge in [-0.3, -0.25) is 0 Å². The smallest absolute Gasteiger partial charge is 0.246 e. The Hall–Kier alpha value is -2.08. The first-order valence-corrected chi connectivity index (χ1v) is 8.61. The lowest BCUT2D eigenvalue weighted by molar-refractivity contribution is 0.0402. The van der Waals surface area contributed by atoms with E-state index >= 15 is 0 Å². The van der Waals surface area contributed by atoms with Crippen molar-refractivity contribution in [2.75, 3.05) is 23.8 Å². The minimum Gasteiger partial charge on any atom is -0.398 e. The molecule has 3 rings (SSSR count). The summed E-state index contributed by atoms with van der Waals surface area (Å²) in [5, 5.41) is 4.07. The van der Waals surface area contributed by atoms with Crippen LogP contribution in [0.3, 0.4) is 0 Å². The van der Waals surface area contributed by atoms with Crippen molar-refractivity contribution in [3.8, 4) is 0 Å². The van der Waals surface area contributed by atoms with Crippen LogP contribution in [0.2, 0.25) is 0 Å². The SMILES string of the molecule is CC(C)COC(C)c1noc(CN2CCCc3c(N)cccc32)n1. The summed E-state index contributed by atoms with van der Waals surface area (Å²) >= 11 is 0. The van der Waals surface area contributed by atoms with E-state index in [1.807, 2.05) is 19.1 Å². The van der Waals surface area contributed by atoms with E-state index in [2.05, 4.69) is 35.0 Å². The van der Waals surface area contributed by atoms with Gasteiger partial charge in [-0.15, -0.1) is 0 Å². The number of anilines is 2. The van der Waals surface area contributed by atoms with Crippen LogP contribution in [0.15, 0.2) is 22.7 Å². The number of nitrogens with zero attached hydrogens (tertiary/aromatic N) is 3. The maximum Gasteiger partial charge on any atom is 0.246 e. The summed E-state index contributed by atoms with van der Waals surface area (Å²) in [6.45, 7) is 8.44. The third kappa shape index (κ3) is 3.70. The maximum absolute atomic E-state index is 6.10. The van der Waals surface area contributed by atoms with Crippen LogP contribution in [-0.4, -0.2) is 23.3 Å². The molecule has 1 aromatic heterocycles. The zero-order valence-corrected chi connectivity index (χ0v) is 14.7. The molecule has 0 saturated heterocycles. The zero-order valence-electron chi connectivity index (χ0n) is 14.7. The van der Waals surface area contributed by atoms with Gasteiger partial charge in [0.25, 0.3) is 0 Å². The maximum atomic E-state index is 6.10. The number of rotatable bonds is 6. The van der Waals surface area contributed by atoms with E-state index in [-0.39, 0.29) is 6.10 Å². The molecule has 2 heterocycles. The lowest BCUT2D eigenvalue weighted by atomic mass is 10.00. The number of fused-ring (bicyclic) bond motifs is 1. The second-order valence-corrected chi connectivity index (χ2v) is 6.79. The summed E-state index contributed by atoms with van der Waals surface area (Å²) in [7, 11) is 0. The van der Waals surface area contributed by atoms with E-state index in [4.69, 9.17) is 15.0 Å². The number of hydrogen-bond donors (Lipinski definition) is 1. The lowest BCUT2D eigenvalue weighted by Crippen LogP contribution is -2.29. The molecule has 2 aromatic rings. The first-order chi connectivity index (χ1) is 11.5. The van der Waals surface area contributed by atoms with Crippen LogP contribution in [0.5, 0.6) is 0 Å². The fraction of sp³-hybridized carbons (Fsp3) is 0.556. The number of aromatic nitrogens is 2. The van der Waals surface area contributed by atoms with Gasteiger partial charge in [-0.25, -0.2) is 0 Å². The fourth-order valence-corrected chi connectivity index (χ4v) is 2.96. The molecule has 6 heteroatoms. The topological polar surface area (TPSA) is 77.4 Å². The molecule has 0 amide bonds. The van der Waals surface area contributed by atoms with Gasteiger partial charge >= 0.3 is 0 Å². The Morgan fingerprint density at radius 3 is 2.96 bits per heavy atom. The Balaban J connectivity index is 1.69. The number of nitrogens with two attached hydrogens (primary N) is 1. The third-order valence-corrected chi connectivity index (χ3v) is 4.24. The Kier molecular flexibility index (Phi) is 5.04. The normalized spacial score (nSPS) is 15.6. The van der Waals surface area contributed by atoms with Crippen LogP contribution in [0.25, 0.3) is 0 Å². The van der Waals surface area contributed by atoms with Crippen molar-refractivity contribution < 1.29 is 9.26 Å². The van der Waals surface area contributed by atoms with Crippen LogP contribution in [-0.2, 0) is 17.7 Å². The second kappa shape index (κ2) is 7.21. The Bertz CT molecular complexity index is 683. The van der Waals surface area contributed by atoms with E-state index < -0.39 is 0 Å². The van der Waals surface area contributed by atoms with Crippen molar-refractivity contribution in [1.29, 1.82) is 0 Å². The summed E-state index contributed by atoms with van der Waals surface area (Å²) in [6.07, 6.45) is 1.94. The van der Waals surface area contributed by atoms with Crippen molar-refractivity contribution >= 4 is 11.4 Å². The fourth-order valence-electron chi connectivity index (χ4n) is 2.96. The van der Waals surface area contributed by atoms with Gasteiger partial charge in [0.1, 0.15) is 6.10 Å². The Morgan fingerprint density at radius 1 is 1.33 bits per heavy atom. The summed E-state index contributed by atoms with van der Waals surface area (Å²) < 4.78 is 11.2. The third-order valence-electron chi connectivity index (χ3n) is 4.24. The van der Waals surface area contributed by atoms with Gasteiger partial charge in [0.05, 0.1) is 6.54 Å². The largest absolute Gasteiger partial charge is 0.398 e. The number of benzene rings is 1. The molecule has 0 saturated carbocycles. The highest BCUT2D eigenvalue weighted by molar-refractivity contribution is 5.66. The molecular weight excluding hydrogens is 304 g/mol. The average molecular weight is 330 g/mol. The van der Waals surface area contributed by atoms with E-state index in [9.17, 15) is 0 Å². The predicted octanol–water partition coefficient (Wildman–Crippen LogP) is 3.34. The number of nitrogen functional groups attached to an aromatic ring is 1. The van der Waals surface area contributed by atoms with E-state index in [0.29, 0.717) is 30.8 Å². The van der Waals surface area contributed by atoms with Crippen molar-refractivity contribution in [2.24, 2.45) is 5.92 Å². The minimum absolute atomic E-state index is 0.158. The van der Waals surface area contributed by atoms with Gasteiger partial charge in [0, 0.05) is 24.5 Å². The van der Waals surface area contributed by atoms with Crippen molar-refractivity contribution in [3.05, 3.63) is 35.5 Å². The quantitative estimate of drug-likeness (QED) is 0.819. The number of hydrogen-bond acceptors (Lipinski definition) is 6. The summed E-state index contributed by atoms with van der Waals surface area (Å²) in [4.78, 5) is 6.76. The average Bonchev–Trinajstić information content (AvgIpc) is 3.02. The highest BCUT2D eigenvalue weighted by atomic mass is 16.5. The molecule has 1 unspecified atom stereocenters. The van der Waals surface area contributed by atoms with Gasteiger partial charge < -0.3 is 19.9 Å². The van der Waals surface area contributed by atoms with Gasteiger partial charge in [0.2, 0.25) is 5.89 Å². The van der Waals surface area contributed by atoms with Crippen LogP contribution >= 0.6 is 0 Å².